The van der Waals surface area contributed by atoms with Gasteiger partial charge in [-0.25, -0.2) is 0 Å². The van der Waals surface area contributed by atoms with E-state index in [2.05, 4.69) is 17.3 Å². The molecule has 0 saturated carbocycles. The fourth-order valence-corrected chi connectivity index (χ4v) is 2.22. The summed E-state index contributed by atoms with van der Waals surface area (Å²) in [5.41, 5.74) is 0. The molecule has 0 aliphatic carbocycles. The van der Waals surface area contributed by atoms with E-state index in [0.717, 1.165) is 39.5 Å². The summed E-state index contributed by atoms with van der Waals surface area (Å²) in [5.74, 6) is 0. The molecule has 0 aromatic carbocycles. The maximum atomic E-state index is 5.43. The molecular weight excluding hydrogens is 192 g/mol. The maximum Gasteiger partial charge on any atom is 0.0622 e. The van der Waals surface area contributed by atoms with Gasteiger partial charge in [0.05, 0.1) is 19.8 Å². The predicted molar refractivity (Wildman–Crippen MR) is 59.1 cm³/mol. The number of nitrogens with one attached hydrogen (secondary N) is 1. The quantitative estimate of drug-likeness (QED) is 0.719. The van der Waals surface area contributed by atoms with E-state index in [1.54, 1.807) is 0 Å². The maximum absolute atomic E-state index is 5.43. The predicted octanol–water partition coefficient (Wildman–Crippen LogP) is 0.0856. The first-order chi connectivity index (χ1) is 7.36. The van der Waals surface area contributed by atoms with Crippen molar-refractivity contribution in [1.82, 2.24) is 10.2 Å². The Balaban J connectivity index is 1.63. The summed E-state index contributed by atoms with van der Waals surface area (Å²) in [7, 11) is 2.20. The molecule has 88 valence electrons. The Morgan fingerprint density at radius 3 is 2.80 bits per heavy atom. The zero-order valence-electron chi connectivity index (χ0n) is 9.58. The Labute approximate surface area is 91.9 Å². The van der Waals surface area contributed by atoms with Crippen molar-refractivity contribution in [1.29, 1.82) is 0 Å². The highest BCUT2D eigenvalue weighted by molar-refractivity contribution is 4.76. The molecule has 0 amide bonds. The second-order valence-corrected chi connectivity index (χ2v) is 4.51. The van der Waals surface area contributed by atoms with Crippen LogP contribution in [0.2, 0.25) is 0 Å². The highest BCUT2D eigenvalue weighted by atomic mass is 16.5. The van der Waals surface area contributed by atoms with Gasteiger partial charge in [0, 0.05) is 25.2 Å². The molecule has 0 spiro atoms. The van der Waals surface area contributed by atoms with Gasteiger partial charge in [-0.1, -0.05) is 0 Å². The second-order valence-electron chi connectivity index (χ2n) is 4.51. The molecule has 2 aliphatic heterocycles. The summed E-state index contributed by atoms with van der Waals surface area (Å²) in [6, 6.07) is 1.18. The highest BCUT2D eigenvalue weighted by Gasteiger charge is 2.21. The Morgan fingerprint density at radius 2 is 2.13 bits per heavy atom. The van der Waals surface area contributed by atoms with Crippen LogP contribution in [0.15, 0.2) is 0 Å². The SMILES string of the molecule is CN(CCC1COCCN1)C1CCOC1. The van der Waals surface area contributed by atoms with Crippen LogP contribution in [0.25, 0.3) is 0 Å². The lowest BCUT2D eigenvalue weighted by Gasteiger charge is -2.28. The number of rotatable bonds is 4. The molecule has 0 aromatic heterocycles. The molecule has 2 unspecified atom stereocenters. The van der Waals surface area contributed by atoms with E-state index in [-0.39, 0.29) is 0 Å². The third kappa shape index (κ3) is 3.41. The van der Waals surface area contributed by atoms with E-state index in [4.69, 9.17) is 9.47 Å². The standard InChI is InChI=1S/C11H22N2O2/c1-13(11-3-6-14-9-11)5-2-10-8-15-7-4-12-10/h10-12H,2-9H2,1H3. The van der Waals surface area contributed by atoms with Crippen molar-refractivity contribution < 1.29 is 9.47 Å². The van der Waals surface area contributed by atoms with Crippen molar-refractivity contribution in [2.24, 2.45) is 0 Å². The fourth-order valence-electron chi connectivity index (χ4n) is 2.22. The molecule has 0 aromatic rings. The molecule has 2 saturated heterocycles. The minimum atomic E-state index is 0.545. The molecule has 0 radical (unpaired) electrons. The first-order valence-corrected chi connectivity index (χ1v) is 5.95. The molecular formula is C11H22N2O2. The van der Waals surface area contributed by atoms with Crippen LogP contribution in [-0.4, -0.2) is 63.5 Å². The average Bonchev–Trinajstić information content (AvgIpc) is 2.81. The molecule has 0 bridgehead atoms. The first-order valence-electron chi connectivity index (χ1n) is 5.95. The Hall–Kier alpha value is -0.160. The average molecular weight is 214 g/mol. The van der Waals surface area contributed by atoms with Gasteiger partial charge >= 0.3 is 0 Å². The van der Waals surface area contributed by atoms with Gasteiger partial charge in [-0.2, -0.15) is 0 Å². The molecule has 2 aliphatic rings. The van der Waals surface area contributed by atoms with E-state index in [0.29, 0.717) is 12.1 Å². The number of hydrogen-bond acceptors (Lipinski definition) is 4. The number of hydrogen-bond donors (Lipinski definition) is 1. The van der Waals surface area contributed by atoms with Gasteiger partial charge in [-0.3, -0.25) is 0 Å². The smallest absolute Gasteiger partial charge is 0.0622 e. The van der Waals surface area contributed by atoms with Crippen LogP contribution in [0, 0.1) is 0 Å². The third-order valence-corrected chi connectivity index (χ3v) is 3.36. The zero-order valence-corrected chi connectivity index (χ0v) is 9.58. The number of nitrogens with zero attached hydrogens (tertiary/aromatic N) is 1. The van der Waals surface area contributed by atoms with E-state index in [1.807, 2.05) is 0 Å². The molecule has 2 heterocycles. The van der Waals surface area contributed by atoms with Gasteiger partial charge in [-0.15, -0.1) is 0 Å². The van der Waals surface area contributed by atoms with Crippen molar-refractivity contribution in [2.45, 2.75) is 24.9 Å². The van der Waals surface area contributed by atoms with Crippen molar-refractivity contribution in [3.05, 3.63) is 0 Å². The zero-order chi connectivity index (χ0) is 10.5. The Morgan fingerprint density at radius 1 is 1.27 bits per heavy atom. The lowest BCUT2D eigenvalue weighted by atomic mass is 10.1. The molecule has 2 rings (SSSR count). The van der Waals surface area contributed by atoms with Crippen LogP contribution in [-0.2, 0) is 9.47 Å². The van der Waals surface area contributed by atoms with Crippen LogP contribution in [0.5, 0.6) is 0 Å². The fraction of sp³-hybridized carbons (Fsp3) is 1.00. The second kappa shape index (κ2) is 5.80. The van der Waals surface area contributed by atoms with Gasteiger partial charge < -0.3 is 19.7 Å². The van der Waals surface area contributed by atoms with Crippen molar-refractivity contribution in [2.75, 3.05) is 46.6 Å². The Kier molecular flexibility index (Phi) is 4.38. The molecule has 2 fully saturated rings. The van der Waals surface area contributed by atoms with Crippen LogP contribution in [0.3, 0.4) is 0 Å². The van der Waals surface area contributed by atoms with Gasteiger partial charge in [0.1, 0.15) is 0 Å². The lowest BCUT2D eigenvalue weighted by molar-refractivity contribution is 0.0685. The molecule has 4 heteroatoms. The van der Waals surface area contributed by atoms with Crippen LogP contribution < -0.4 is 5.32 Å². The summed E-state index contributed by atoms with van der Waals surface area (Å²) in [5, 5.41) is 3.48. The summed E-state index contributed by atoms with van der Waals surface area (Å²) < 4.78 is 10.8. The first kappa shape index (κ1) is 11.3. The van der Waals surface area contributed by atoms with Crippen molar-refractivity contribution in [3.8, 4) is 0 Å². The summed E-state index contributed by atoms with van der Waals surface area (Å²) in [6.07, 6.45) is 2.36. The monoisotopic (exact) mass is 214 g/mol. The van der Waals surface area contributed by atoms with Crippen LogP contribution >= 0.6 is 0 Å². The largest absolute Gasteiger partial charge is 0.380 e. The third-order valence-electron chi connectivity index (χ3n) is 3.36. The molecule has 4 nitrogen and oxygen atoms in total. The normalized spacial score (nSPS) is 32.4. The molecule has 15 heavy (non-hydrogen) atoms. The van der Waals surface area contributed by atoms with E-state index >= 15 is 0 Å². The number of morpholine rings is 1. The highest BCUT2D eigenvalue weighted by Crippen LogP contribution is 2.11. The van der Waals surface area contributed by atoms with Crippen molar-refractivity contribution >= 4 is 0 Å². The van der Waals surface area contributed by atoms with Crippen molar-refractivity contribution in [3.63, 3.8) is 0 Å². The molecule has 1 N–H and O–H groups in total. The minimum Gasteiger partial charge on any atom is -0.380 e. The summed E-state index contributed by atoms with van der Waals surface area (Å²) >= 11 is 0. The minimum absolute atomic E-state index is 0.545. The molecule has 2 atom stereocenters. The van der Waals surface area contributed by atoms with Gasteiger partial charge in [0.25, 0.3) is 0 Å². The van der Waals surface area contributed by atoms with Gasteiger partial charge in [0.15, 0.2) is 0 Å². The summed E-state index contributed by atoms with van der Waals surface area (Å²) in [6.45, 7) is 5.71. The van der Waals surface area contributed by atoms with Crippen LogP contribution in [0.1, 0.15) is 12.8 Å². The van der Waals surface area contributed by atoms with E-state index in [9.17, 15) is 0 Å². The number of likely N-dealkylation sites (N-methyl/N-ethyl adjacent to an activating group) is 1. The topological polar surface area (TPSA) is 33.7 Å². The van der Waals surface area contributed by atoms with Gasteiger partial charge in [0.2, 0.25) is 0 Å². The summed E-state index contributed by atoms with van der Waals surface area (Å²) in [4.78, 5) is 2.42. The number of ether oxygens (including phenoxy) is 2. The van der Waals surface area contributed by atoms with Gasteiger partial charge in [-0.05, 0) is 26.4 Å². The van der Waals surface area contributed by atoms with E-state index in [1.165, 1.54) is 12.8 Å². The van der Waals surface area contributed by atoms with E-state index < -0.39 is 0 Å². The lowest BCUT2D eigenvalue weighted by Crippen LogP contribution is -2.44. The Bertz CT molecular complexity index is 177. The van der Waals surface area contributed by atoms with Crippen LogP contribution in [0.4, 0.5) is 0 Å².